The predicted molar refractivity (Wildman–Crippen MR) is 70.1 cm³/mol. The molecule has 7 nitrogen and oxygen atoms in total. The zero-order chi connectivity index (χ0) is 16.0. The van der Waals surface area contributed by atoms with Crippen LogP contribution in [0, 0.1) is 0 Å². The second-order valence-electron chi connectivity index (χ2n) is 3.95. The number of sulfonamides is 1. The minimum atomic E-state index is -4.01. The Morgan fingerprint density at radius 3 is 2.62 bits per heavy atom. The summed E-state index contributed by atoms with van der Waals surface area (Å²) in [5, 5.41) is 16.6. The third-order valence-corrected chi connectivity index (χ3v) is 3.27. The van der Waals surface area contributed by atoms with E-state index < -0.39 is 29.0 Å². The topological polar surface area (TPSA) is 119 Å². The normalized spacial score (nSPS) is 11.6. The lowest BCUT2D eigenvalue weighted by molar-refractivity contribution is 0.0215. The molecule has 0 radical (unpaired) electrons. The number of ether oxygens (including phenoxy) is 1. The van der Waals surface area contributed by atoms with Crippen LogP contribution in [0.25, 0.3) is 0 Å². The zero-order valence-electron chi connectivity index (χ0n) is 10.8. The summed E-state index contributed by atoms with van der Waals surface area (Å²) < 4.78 is 50.6. The first-order valence-corrected chi connectivity index (χ1v) is 7.26. The van der Waals surface area contributed by atoms with Crippen LogP contribution in [-0.2, 0) is 14.8 Å². The predicted octanol–water partition coefficient (Wildman–Crippen LogP) is 0.726. The Morgan fingerprint density at radius 2 is 2.10 bits per heavy atom. The average Bonchev–Trinajstić information content (AvgIpc) is 2.36. The van der Waals surface area contributed by atoms with E-state index in [1.807, 2.05) is 0 Å². The first-order valence-electron chi connectivity index (χ1n) is 5.71. The number of nitrogens with two attached hydrogens (primary N) is 1. The van der Waals surface area contributed by atoms with Gasteiger partial charge in [-0.25, -0.2) is 27.1 Å². The molecule has 0 amide bonds. The van der Waals surface area contributed by atoms with Gasteiger partial charge in [0, 0.05) is 12.2 Å². The maximum Gasteiger partial charge on any atom is 0.337 e. The molecule has 1 aromatic carbocycles. The van der Waals surface area contributed by atoms with Gasteiger partial charge in [-0.15, -0.1) is 0 Å². The zero-order valence-corrected chi connectivity index (χ0v) is 11.6. The fourth-order valence-corrected chi connectivity index (χ4v) is 2.00. The minimum absolute atomic E-state index is 0.0552. The molecular weight excluding hydrogens is 310 g/mol. The van der Waals surface area contributed by atoms with E-state index in [1.54, 1.807) is 0 Å². The molecule has 0 aliphatic carbocycles. The Labute approximate surface area is 119 Å². The molecule has 0 spiro atoms. The molecule has 0 atom stereocenters. The number of carboxylic acids is 1. The Kier molecular flexibility index (Phi) is 6.00. The number of hydrogen-bond acceptors (Lipinski definition) is 5. The number of carbonyl (C=O) groups is 1. The van der Waals surface area contributed by atoms with Crippen LogP contribution in [0.4, 0.5) is 14.5 Å². The number of anilines is 1. The van der Waals surface area contributed by atoms with Gasteiger partial charge < -0.3 is 15.2 Å². The molecule has 1 aromatic rings. The molecule has 21 heavy (non-hydrogen) atoms. The van der Waals surface area contributed by atoms with E-state index in [1.165, 1.54) is 6.07 Å². The van der Waals surface area contributed by atoms with Gasteiger partial charge >= 0.3 is 5.97 Å². The Morgan fingerprint density at radius 1 is 1.43 bits per heavy atom. The van der Waals surface area contributed by atoms with Crippen LogP contribution in [-0.4, -0.2) is 45.7 Å². The fourth-order valence-electron chi connectivity index (χ4n) is 1.46. The highest BCUT2D eigenvalue weighted by molar-refractivity contribution is 7.89. The van der Waals surface area contributed by atoms with Gasteiger partial charge in [0.25, 0.3) is 6.43 Å². The van der Waals surface area contributed by atoms with Gasteiger partial charge in [0.05, 0.1) is 17.1 Å². The second kappa shape index (κ2) is 7.29. The number of primary sulfonamides is 1. The van der Waals surface area contributed by atoms with Crippen LogP contribution in [0.1, 0.15) is 10.4 Å². The molecule has 1 rings (SSSR count). The van der Waals surface area contributed by atoms with Crippen molar-refractivity contribution >= 4 is 21.7 Å². The van der Waals surface area contributed by atoms with E-state index in [0.29, 0.717) is 0 Å². The van der Waals surface area contributed by atoms with Crippen LogP contribution in [0.2, 0.25) is 0 Å². The van der Waals surface area contributed by atoms with E-state index in [9.17, 15) is 22.0 Å². The Bertz CT molecular complexity index is 607. The van der Waals surface area contributed by atoms with Gasteiger partial charge in [-0.05, 0) is 18.2 Å². The summed E-state index contributed by atoms with van der Waals surface area (Å²) in [5.74, 6) is -1.35. The standard InChI is InChI=1S/C11H14F2N2O5S/c12-10(13)6-20-4-3-15-9-2-1-7(21(14,18)19)5-8(9)11(16)17/h1-2,5,10,15H,3-4,6H2,(H,16,17)(H2,14,18,19). The lowest BCUT2D eigenvalue weighted by atomic mass is 10.2. The van der Waals surface area contributed by atoms with Gasteiger partial charge in [-0.3, -0.25) is 0 Å². The van der Waals surface area contributed by atoms with E-state index >= 15 is 0 Å². The van der Waals surface area contributed by atoms with Crippen molar-refractivity contribution in [3.63, 3.8) is 0 Å². The summed E-state index contributed by atoms with van der Waals surface area (Å²) in [5.41, 5.74) is -0.161. The first-order chi connectivity index (χ1) is 9.71. The monoisotopic (exact) mass is 324 g/mol. The third kappa shape index (κ3) is 5.61. The molecule has 0 saturated heterocycles. The molecule has 10 heteroatoms. The number of nitrogens with one attached hydrogen (secondary N) is 1. The van der Waals surface area contributed by atoms with Gasteiger partial charge in [-0.1, -0.05) is 0 Å². The number of benzene rings is 1. The number of hydrogen-bond donors (Lipinski definition) is 3. The summed E-state index contributed by atoms with van der Waals surface area (Å²) in [6.07, 6.45) is -2.58. The van der Waals surface area contributed by atoms with Crippen molar-refractivity contribution < 1.29 is 31.8 Å². The number of aromatic carboxylic acids is 1. The van der Waals surface area contributed by atoms with Crippen molar-refractivity contribution in [1.29, 1.82) is 0 Å². The Hall–Kier alpha value is -1.78. The molecule has 0 aliphatic heterocycles. The van der Waals surface area contributed by atoms with Crippen molar-refractivity contribution in [3.8, 4) is 0 Å². The maximum absolute atomic E-state index is 11.8. The number of halogens is 2. The maximum atomic E-state index is 11.8. The molecule has 0 aromatic heterocycles. The van der Waals surface area contributed by atoms with Gasteiger partial charge in [0.15, 0.2) is 0 Å². The summed E-state index contributed by atoms with van der Waals surface area (Å²) >= 11 is 0. The lowest BCUT2D eigenvalue weighted by Gasteiger charge is -2.11. The van der Waals surface area contributed by atoms with E-state index in [4.69, 9.17) is 10.2 Å². The van der Waals surface area contributed by atoms with Crippen LogP contribution in [0.5, 0.6) is 0 Å². The highest BCUT2D eigenvalue weighted by Crippen LogP contribution is 2.19. The molecule has 0 unspecified atom stereocenters. The molecular formula is C11H14F2N2O5S. The minimum Gasteiger partial charge on any atom is -0.478 e. The lowest BCUT2D eigenvalue weighted by Crippen LogP contribution is -2.16. The van der Waals surface area contributed by atoms with E-state index in [0.717, 1.165) is 12.1 Å². The van der Waals surface area contributed by atoms with E-state index in [2.05, 4.69) is 10.1 Å². The largest absolute Gasteiger partial charge is 0.478 e. The van der Waals surface area contributed by atoms with Crippen LogP contribution in [0.15, 0.2) is 23.1 Å². The van der Waals surface area contributed by atoms with Gasteiger partial charge in [-0.2, -0.15) is 0 Å². The van der Waals surface area contributed by atoms with Crippen molar-refractivity contribution in [2.24, 2.45) is 5.14 Å². The Balaban J connectivity index is 2.76. The highest BCUT2D eigenvalue weighted by atomic mass is 32.2. The fraction of sp³-hybridized carbons (Fsp3) is 0.364. The highest BCUT2D eigenvalue weighted by Gasteiger charge is 2.15. The van der Waals surface area contributed by atoms with Crippen LogP contribution < -0.4 is 10.5 Å². The average molecular weight is 324 g/mol. The number of carboxylic acid groups (broad SMARTS) is 1. The third-order valence-electron chi connectivity index (χ3n) is 2.36. The molecule has 0 fully saturated rings. The molecule has 0 aliphatic rings. The summed E-state index contributed by atoms with van der Waals surface area (Å²) in [7, 11) is -4.01. The van der Waals surface area contributed by atoms with Gasteiger partial charge in [0.2, 0.25) is 10.0 Å². The molecule has 118 valence electrons. The first kappa shape index (κ1) is 17.3. The summed E-state index contributed by atoms with van der Waals surface area (Å²) in [6.45, 7) is -0.681. The smallest absolute Gasteiger partial charge is 0.337 e. The van der Waals surface area contributed by atoms with Crippen LogP contribution in [0.3, 0.4) is 0 Å². The van der Waals surface area contributed by atoms with Crippen molar-refractivity contribution in [1.82, 2.24) is 0 Å². The SMILES string of the molecule is NS(=O)(=O)c1ccc(NCCOCC(F)F)c(C(=O)O)c1. The van der Waals surface area contributed by atoms with Crippen LogP contribution >= 0.6 is 0 Å². The molecule has 4 N–H and O–H groups in total. The quantitative estimate of drug-likeness (QED) is 0.606. The number of alkyl halides is 2. The molecule has 0 bridgehead atoms. The summed E-state index contributed by atoms with van der Waals surface area (Å²) in [6, 6.07) is 3.29. The molecule has 0 heterocycles. The molecule has 0 saturated carbocycles. The second-order valence-corrected chi connectivity index (χ2v) is 5.51. The van der Waals surface area contributed by atoms with Gasteiger partial charge in [0.1, 0.15) is 6.61 Å². The van der Waals surface area contributed by atoms with Crippen molar-refractivity contribution in [3.05, 3.63) is 23.8 Å². The summed E-state index contributed by atoms with van der Waals surface area (Å²) in [4.78, 5) is 10.7. The van der Waals surface area contributed by atoms with E-state index in [-0.39, 0.29) is 29.3 Å². The van der Waals surface area contributed by atoms with Crippen molar-refractivity contribution in [2.45, 2.75) is 11.3 Å². The van der Waals surface area contributed by atoms with Crippen molar-refractivity contribution in [2.75, 3.05) is 25.1 Å². The number of rotatable bonds is 8.